The van der Waals surface area contributed by atoms with E-state index in [1.54, 1.807) is 0 Å². The fourth-order valence-corrected chi connectivity index (χ4v) is 2.38. The number of nitrogens with one attached hydrogen (secondary N) is 1. The largest absolute Gasteiger partial charge is 0.312 e. The zero-order valence-corrected chi connectivity index (χ0v) is 10.8. The Labute approximate surface area is 103 Å². The Morgan fingerprint density at radius 3 is 2.88 bits per heavy atom. The molecule has 92 valence electrons. The van der Waals surface area contributed by atoms with E-state index in [1.165, 1.54) is 11.1 Å². The molecule has 1 aromatic carbocycles. The van der Waals surface area contributed by atoms with Crippen LogP contribution < -0.4 is 10.2 Å². The van der Waals surface area contributed by atoms with Gasteiger partial charge in [0.25, 0.3) is 0 Å². The van der Waals surface area contributed by atoms with Gasteiger partial charge in [-0.2, -0.15) is 0 Å². The van der Waals surface area contributed by atoms with E-state index in [2.05, 4.69) is 44.3 Å². The highest BCUT2D eigenvalue weighted by molar-refractivity contribution is 5.97. The van der Waals surface area contributed by atoms with Crippen LogP contribution in [0.3, 0.4) is 0 Å². The molecule has 0 saturated carbocycles. The van der Waals surface area contributed by atoms with Gasteiger partial charge >= 0.3 is 0 Å². The highest BCUT2D eigenvalue weighted by Gasteiger charge is 2.30. The SMILES string of the molecule is CCNC1CC(=O)N(c2cc(C)ccc2C)C1. The number of benzene rings is 1. The van der Waals surface area contributed by atoms with E-state index in [0.29, 0.717) is 12.5 Å². The first kappa shape index (κ1) is 12.1. The molecule has 1 saturated heterocycles. The van der Waals surface area contributed by atoms with Crippen LogP contribution in [-0.4, -0.2) is 25.0 Å². The molecule has 1 amide bonds. The summed E-state index contributed by atoms with van der Waals surface area (Å²) >= 11 is 0. The highest BCUT2D eigenvalue weighted by Crippen LogP contribution is 2.26. The van der Waals surface area contributed by atoms with E-state index in [1.807, 2.05) is 4.90 Å². The summed E-state index contributed by atoms with van der Waals surface area (Å²) in [5.74, 6) is 0.227. The first-order valence-electron chi connectivity index (χ1n) is 6.22. The molecule has 1 aliphatic rings. The number of rotatable bonds is 3. The second kappa shape index (κ2) is 4.88. The molecule has 3 heteroatoms. The zero-order valence-electron chi connectivity index (χ0n) is 10.8. The Balaban J connectivity index is 2.22. The van der Waals surface area contributed by atoms with Gasteiger partial charge in [-0.3, -0.25) is 4.79 Å². The van der Waals surface area contributed by atoms with Crippen molar-refractivity contribution in [2.45, 2.75) is 33.2 Å². The van der Waals surface area contributed by atoms with E-state index in [4.69, 9.17) is 0 Å². The van der Waals surface area contributed by atoms with Gasteiger partial charge in [-0.1, -0.05) is 19.1 Å². The Hall–Kier alpha value is -1.35. The molecule has 1 heterocycles. The van der Waals surface area contributed by atoms with Crippen LogP contribution in [0.15, 0.2) is 18.2 Å². The Morgan fingerprint density at radius 2 is 2.18 bits per heavy atom. The van der Waals surface area contributed by atoms with Gasteiger partial charge in [0.15, 0.2) is 0 Å². The van der Waals surface area contributed by atoms with Crippen molar-refractivity contribution in [3.8, 4) is 0 Å². The molecule has 0 aromatic heterocycles. The standard InChI is InChI=1S/C14H20N2O/c1-4-15-12-8-14(17)16(9-12)13-7-10(2)5-6-11(13)3/h5-7,12,15H,4,8-9H2,1-3H3. The average molecular weight is 232 g/mol. The van der Waals surface area contributed by atoms with Crippen LogP contribution in [-0.2, 0) is 4.79 Å². The van der Waals surface area contributed by atoms with Crippen molar-refractivity contribution in [1.82, 2.24) is 5.32 Å². The van der Waals surface area contributed by atoms with Crippen molar-refractivity contribution >= 4 is 11.6 Å². The Morgan fingerprint density at radius 1 is 1.41 bits per heavy atom. The molecule has 1 aliphatic heterocycles. The summed E-state index contributed by atoms with van der Waals surface area (Å²) in [4.78, 5) is 13.9. The average Bonchev–Trinajstić information content (AvgIpc) is 2.64. The van der Waals surface area contributed by atoms with Crippen molar-refractivity contribution in [3.05, 3.63) is 29.3 Å². The molecular formula is C14H20N2O. The van der Waals surface area contributed by atoms with Gasteiger partial charge in [0.05, 0.1) is 0 Å². The van der Waals surface area contributed by atoms with Crippen molar-refractivity contribution in [2.24, 2.45) is 0 Å². The first-order chi connectivity index (χ1) is 8.11. The lowest BCUT2D eigenvalue weighted by molar-refractivity contribution is -0.117. The van der Waals surface area contributed by atoms with Crippen molar-refractivity contribution in [1.29, 1.82) is 0 Å². The van der Waals surface area contributed by atoms with Crippen LogP contribution in [0.5, 0.6) is 0 Å². The predicted octanol–water partition coefficient (Wildman–Crippen LogP) is 2.02. The number of likely N-dealkylation sites (N-methyl/N-ethyl adjacent to an activating group) is 1. The van der Waals surface area contributed by atoms with E-state index in [-0.39, 0.29) is 5.91 Å². The van der Waals surface area contributed by atoms with Gasteiger partial charge in [0, 0.05) is 24.7 Å². The lowest BCUT2D eigenvalue weighted by Gasteiger charge is -2.20. The van der Waals surface area contributed by atoms with E-state index in [0.717, 1.165) is 18.8 Å². The smallest absolute Gasteiger partial charge is 0.228 e. The summed E-state index contributed by atoms with van der Waals surface area (Å²) in [6.45, 7) is 7.90. The minimum atomic E-state index is 0.227. The molecule has 0 bridgehead atoms. The van der Waals surface area contributed by atoms with Crippen LogP contribution in [0, 0.1) is 13.8 Å². The summed E-state index contributed by atoms with van der Waals surface area (Å²) in [5, 5.41) is 3.35. The molecule has 17 heavy (non-hydrogen) atoms. The number of amides is 1. The van der Waals surface area contributed by atoms with Gasteiger partial charge in [-0.25, -0.2) is 0 Å². The van der Waals surface area contributed by atoms with Crippen molar-refractivity contribution < 1.29 is 4.79 Å². The number of nitrogens with zero attached hydrogens (tertiary/aromatic N) is 1. The normalized spacial score (nSPS) is 20.1. The van der Waals surface area contributed by atoms with Crippen LogP contribution in [0.1, 0.15) is 24.5 Å². The fraction of sp³-hybridized carbons (Fsp3) is 0.500. The van der Waals surface area contributed by atoms with Crippen molar-refractivity contribution in [3.63, 3.8) is 0 Å². The number of hydrogen-bond donors (Lipinski definition) is 1. The van der Waals surface area contributed by atoms with Gasteiger partial charge < -0.3 is 10.2 Å². The second-order valence-electron chi connectivity index (χ2n) is 4.75. The number of carbonyl (C=O) groups excluding carboxylic acids is 1. The van der Waals surface area contributed by atoms with Gasteiger partial charge in [-0.05, 0) is 37.6 Å². The van der Waals surface area contributed by atoms with Crippen LogP contribution in [0.4, 0.5) is 5.69 Å². The summed E-state index contributed by atoms with van der Waals surface area (Å²) in [5.41, 5.74) is 3.43. The molecule has 0 spiro atoms. The summed E-state index contributed by atoms with van der Waals surface area (Å²) in [6, 6.07) is 6.56. The highest BCUT2D eigenvalue weighted by atomic mass is 16.2. The minimum Gasteiger partial charge on any atom is -0.312 e. The molecule has 1 unspecified atom stereocenters. The first-order valence-corrected chi connectivity index (χ1v) is 6.22. The van der Waals surface area contributed by atoms with E-state index in [9.17, 15) is 4.79 Å². The lowest BCUT2D eigenvalue weighted by Crippen LogP contribution is -2.32. The van der Waals surface area contributed by atoms with Crippen LogP contribution in [0.25, 0.3) is 0 Å². The fourth-order valence-electron chi connectivity index (χ4n) is 2.38. The maximum absolute atomic E-state index is 12.0. The number of hydrogen-bond acceptors (Lipinski definition) is 2. The van der Waals surface area contributed by atoms with Crippen LogP contribution in [0.2, 0.25) is 0 Å². The molecule has 0 aliphatic carbocycles. The predicted molar refractivity (Wildman–Crippen MR) is 70.4 cm³/mol. The summed E-state index contributed by atoms with van der Waals surface area (Å²) in [6.07, 6.45) is 0.612. The number of aryl methyl sites for hydroxylation is 2. The third-order valence-electron chi connectivity index (χ3n) is 3.27. The van der Waals surface area contributed by atoms with Gasteiger partial charge in [0.1, 0.15) is 0 Å². The zero-order chi connectivity index (χ0) is 12.4. The topological polar surface area (TPSA) is 32.3 Å². The molecule has 3 nitrogen and oxygen atoms in total. The van der Waals surface area contributed by atoms with Crippen LogP contribution >= 0.6 is 0 Å². The van der Waals surface area contributed by atoms with Crippen molar-refractivity contribution in [2.75, 3.05) is 18.0 Å². The molecular weight excluding hydrogens is 212 g/mol. The monoisotopic (exact) mass is 232 g/mol. The molecule has 1 atom stereocenters. The molecule has 0 radical (unpaired) electrons. The third-order valence-corrected chi connectivity index (χ3v) is 3.27. The molecule has 1 fully saturated rings. The number of carbonyl (C=O) groups is 1. The summed E-state index contributed by atoms with van der Waals surface area (Å²) < 4.78 is 0. The molecule has 1 aromatic rings. The summed E-state index contributed by atoms with van der Waals surface area (Å²) in [7, 11) is 0. The third kappa shape index (κ3) is 2.50. The van der Waals surface area contributed by atoms with E-state index < -0.39 is 0 Å². The Bertz CT molecular complexity index is 428. The Kier molecular flexibility index (Phi) is 3.48. The quantitative estimate of drug-likeness (QED) is 0.864. The van der Waals surface area contributed by atoms with Gasteiger partial charge in [0.2, 0.25) is 5.91 Å². The second-order valence-corrected chi connectivity index (χ2v) is 4.75. The minimum absolute atomic E-state index is 0.227. The molecule has 2 rings (SSSR count). The maximum atomic E-state index is 12.0. The lowest BCUT2D eigenvalue weighted by atomic mass is 10.1. The maximum Gasteiger partial charge on any atom is 0.228 e. The van der Waals surface area contributed by atoms with E-state index >= 15 is 0 Å². The molecule has 1 N–H and O–H groups in total. The van der Waals surface area contributed by atoms with Gasteiger partial charge in [-0.15, -0.1) is 0 Å². The number of anilines is 1.